The summed E-state index contributed by atoms with van der Waals surface area (Å²) in [6.45, 7) is 2.67. The van der Waals surface area contributed by atoms with Crippen LogP contribution in [0.4, 0.5) is 5.82 Å². The molecular weight excluding hydrogens is 364 g/mol. The van der Waals surface area contributed by atoms with E-state index in [9.17, 15) is 9.59 Å². The first-order valence-corrected chi connectivity index (χ1v) is 10.2. The third kappa shape index (κ3) is 3.59. The summed E-state index contributed by atoms with van der Waals surface area (Å²) in [6, 6.07) is 15.3. The third-order valence-corrected chi connectivity index (χ3v) is 6.30. The van der Waals surface area contributed by atoms with Gasteiger partial charge in [0.1, 0.15) is 5.82 Å². The van der Waals surface area contributed by atoms with Crippen LogP contribution in [0.15, 0.2) is 54.7 Å². The number of benzene rings is 1. The van der Waals surface area contributed by atoms with E-state index in [1.807, 2.05) is 67.5 Å². The van der Waals surface area contributed by atoms with Crippen molar-refractivity contribution >= 4 is 17.6 Å². The standard InChI is InChI=1S/C23H28N4O2/c1-25(2)22(29)23-12-8-14-26(21(28)18-9-4-3-5-10-18)15-19(23)16-27(17-23)20-11-6-7-13-24-20/h3-7,9-11,13,19H,8,12,14-17H2,1-2H3/t19-,23-/m0/s1. The van der Waals surface area contributed by atoms with Crippen LogP contribution in [0.25, 0.3) is 0 Å². The van der Waals surface area contributed by atoms with Crippen LogP contribution in [0.1, 0.15) is 23.2 Å². The molecular formula is C23H28N4O2. The van der Waals surface area contributed by atoms with Crippen molar-refractivity contribution in [2.45, 2.75) is 12.8 Å². The fraction of sp³-hybridized carbons (Fsp3) is 0.435. The number of carbonyl (C=O) groups excluding carboxylic acids is 2. The molecule has 2 atom stereocenters. The van der Waals surface area contributed by atoms with E-state index in [0.717, 1.165) is 25.2 Å². The van der Waals surface area contributed by atoms with Crippen LogP contribution in [0.5, 0.6) is 0 Å². The number of hydrogen-bond donors (Lipinski definition) is 0. The van der Waals surface area contributed by atoms with E-state index in [4.69, 9.17) is 0 Å². The van der Waals surface area contributed by atoms with Crippen molar-refractivity contribution in [3.05, 3.63) is 60.3 Å². The van der Waals surface area contributed by atoms with Gasteiger partial charge < -0.3 is 14.7 Å². The third-order valence-electron chi connectivity index (χ3n) is 6.30. The summed E-state index contributed by atoms with van der Waals surface area (Å²) in [5, 5.41) is 0. The Labute approximate surface area is 172 Å². The molecule has 2 aliphatic heterocycles. The van der Waals surface area contributed by atoms with E-state index in [2.05, 4.69) is 9.88 Å². The van der Waals surface area contributed by atoms with Gasteiger partial charge in [0.05, 0.1) is 5.41 Å². The number of likely N-dealkylation sites (tertiary alicyclic amines) is 1. The molecule has 2 saturated heterocycles. The van der Waals surface area contributed by atoms with Crippen LogP contribution in [-0.4, -0.2) is 66.9 Å². The summed E-state index contributed by atoms with van der Waals surface area (Å²) in [5.74, 6) is 1.19. The van der Waals surface area contributed by atoms with Crippen molar-refractivity contribution in [3.63, 3.8) is 0 Å². The lowest BCUT2D eigenvalue weighted by Crippen LogP contribution is -2.47. The fourth-order valence-electron chi connectivity index (χ4n) is 4.89. The van der Waals surface area contributed by atoms with Crippen molar-refractivity contribution in [2.24, 2.45) is 11.3 Å². The van der Waals surface area contributed by atoms with Gasteiger partial charge in [0, 0.05) is 58.0 Å². The predicted molar refractivity (Wildman–Crippen MR) is 113 cm³/mol. The van der Waals surface area contributed by atoms with Gasteiger partial charge in [-0.1, -0.05) is 24.3 Å². The Morgan fingerprint density at radius 1 is 1.07 bits per heavy atom. The zero-order valence-electron chi connectivity index (χ0n) is 17.1. The highest BCUT2D eigenvalue weighted by Crippen LogP contribution is 2.45. The van der Waals surface area contributed by atoms with Crippen LogP contribution in [-0.2, 0) is 4.79 Å². The summed E-state index contributed by atoms with van der Waals surface area (Å²) in [7, 11) is 3.66. The maximum atomic E-state index is 13.4. The number of pyridine rings is 1. The number of rotatable bonds is 3. The maximum Gasteiger partial charge on any atom is 0.253 e. The van der Waals surface area contributed by atoms with Gasteiger partial charge in [-0.25, -0.2) is 4.98 Å². The van der Waals surface area contributed by atoms with Gasteiger partial charge in [-0.15, -0.1) is 0 Å². The summed E-state index contributed by atoms with van der Waals surface area (Å²) in [4.78, 5) is 36.8. The summed E-state index contributed by atoms with van der Waals surface area (Å²) in [6.07, 6.45) is 3.40. The molecule has 1 aromatic heterocycles. The first kappa shape index (κ1) is 19.4. The minimum Gasteiger partial charge on any atom is -0.355 e. The molecule has 0 radical (unpaired) electrons. The van der Waals surface area contributed by atoms with Gasteiger partial charge in [0.15, 0.2) is 0 Å². The van der Waals surface area contributed by atoms with E-state index in [1.165, 1.54) is 0 Å². The molecule has 3 heterocycles. The van der Waals surface area contributed by atoms with Crippen molar-refractivity contribution in [2.75, 3.05) is 45.2 Å². The Kier molecular flexibility index (Phi) is 5.26. The van der Waals surface area contributed by atoms with Gasteiger partial charge in [0.25, 0.3) is 5.91 Å². The first-order valence-electron chi connectivity index (χ1n) is 10.2. The number of fused-ring (bicyclic) bond motifs is 1. The van der Waals surface area contributed by atoms with Gasteiger partial charge >= 0.3 is 0 Å². The Bertz CT molecular complexity index is 871. The maximum absolute atomic E-state index is 13.4. The van der Waals surface area contributed by atoms with Gasteiger partial charge in [-0.05, 0) is 37.1 Å². The number of amides is 2. The van der Waals surface area contributed by atoms with Crippen molar-refractivity contribution in [3.8, 4) is 0 Å². The monoisotopic (exact) mass is 392 g/mol. The average Bonchev–Trinajstić information content (AvgIpc) is 3.02. The summed E-state index contributed by atoms with van der Waals surface area (Å²) >= 11 is 0. The van der Waals surface area contributed by atoms with Crippen LogP contribution < -0.4 is 4.90 Å². The number of aromatic nitrogens is 1. The van der Waals surface area contributed by atoms with E-state index in [0.29, 0.717) is 25.2 Å². The molecule has 0 aliphatic carbocycles. The predicted octanol–water partition coefficient (Wildman–Crippen LogP) is 2.53. The van der Waals surface area contributed by atoms with Crippen molar-refractivity contribution in [1.29, 1.82) is 0 Å². The topological polar surface area (TPSA) is 56.8 Å². The number of nitrogens with zero attached hydrogens (tertiary/aromatic N) is 4. The first-order chi connectivity index (χ1) is 14.0. The second kappa shape index (κ2) is 7.85. The average molecular weight is 393 g/mol. The number of carbonyl (C=O) groups is 2. The smallest absolute Gasteiger partial charge is 0.253 e. The largest absolute Gasteiger partial charge is 0.355 e. The Hall–Kier alpha value is -2.89. The minimum atomic E-state index is -0.479. The molecule has 2 amide bonds. The number of hydrogen-bond acceptors (Lipinski definition) is 4. The molecule has 0 bridgehead atoms. The summed E-state index contributed by atoms with van der Waals surface area (Å²) in [5.41, 5.74) is 0.228. The highest BCUT2D eigenvalue weighted by atomic mass is 16.2. The highest BCUT2D eigenvalue weighted by Gasteiger charge is 2.54. The quantitative estimate of drug-likeness (QED) is 0.806. The van der Waals surface area contributed by atoms with E-state index < -0.39 is 5.41 Å². The van der Waals surface area contributed by atoms with E-state index in [1.54, 1.807) is 11.1 Å². The van der Waals surface area contributed by atoms with Crippen LogP contribution >= 0.6 is 0 Å². The molecule has 2 fully saturated rings. The van der Waals surface area contributed by atoms with Crippen molar-refractivity contribution < 1.29 is 9.59 Å². The second-order valence-electron chi connectivity index (χ2n) is 8.34. The molecule has 6 heteroatoms. The molecule has 2 aromatic rings. The normalized spacial score (nSPS) is 24.0. The Morgan fingerprint density at radius 3 is 2.52 bits per heavy atom. The van der Waals surface area contributed by atoms with E-state index >= 15 is 0 Å². The van der Waals surface area contributed by atoms with Gasteiger partial charge in [0.2, 0.25) is 5.91 Å². The molecule has 0 N–H and O–H groups in total. The molecule has 0 unspecified atom stereocenters. The van der Waals surface area contributed by atoms with Crippen molar-refractivity contribution in [1.82, 2.24) is 14.8 Å². The van der Waals surface area contributed by atoms with Crippen LogP contribution in [0.3, 0.4) is 0 Å². The van der Waals surface area contributed by atoms with Crippen LogP contribution in [0, 0.1) is 11.3 Å². The molecule has 0 spiro atoms. The Balaban J connectivity index is 1.64. The molecule has 2 aliphatic rings. The van der Waals surface area contributed by atoms with Gasteiger partial charge in [-0.2, -0.15) is 0 Å². The fourth-order valence-corrected chi connectivity index (χ4v) is 4.89. The summed E-state index contributed by atoms with van der Waals surface area (Å²) < 4.78 is 0. The van der Waals surface area contributed by atoms with Gasteiger partial charge in [-0.3, -0.25) is 9.59 Å². The lowest BCUT2D eigenvalue weighted by atomic mass is 9.74. The van der Waals surface area contributed by atoms with Crippen LogP contribution in [0.2, 0.25) is 0 Å². The molecule has 152 valence electrons. The SMILES string of the molecule is CN(C)C(=O)[C@]12CCCN(C(=O)c3ccccc3)C[C@H]1CN(c1ccccn1)C2. The second-order valence-corrected chi connectivity index (χ2v) is 8.34. The zero-order chi connectivity index (χ0) is 20.4. The molecule has 29 heavy (non-hydrogen) atoms. The molecule has 1 aromatic carbocycles. The molecule has 6 nitrogen and oxygen atoms in total. The highest BCUT2D eigenvalue weighted by molar-refractivity contribution is 5.94. The minimum absolute atomic E-state index is 0.0509. The number of anilines is 1. The lowest BCUT2D eigenvalue weighted by Gasteiger charge is -2.34. The Morgan fingerprint density at radius 2 is 1.83 bits per heavy atom. The molecule has 0 saturated carbocycles. The zero-order valence-corrected chi connectivity index (χ0v) is 17.1. The lowest BCUT2D eigenvalue weighted by molar-refractivity contribution is -0.141. The molecule has 4 rings (SSSR count). The van der Waals surface area contributed by atoms with E-state index in [-0.39, 0.29) is 17.7 Å².